The summed E-state index contributed by atoms with van der Waals surface area (Å²) in [6.07, 6.45) is 2.77. The SMILES string of the molecule is CC(=O)N1CCC(c2nc(C)c(C=O)s2)CC1. The fourth-order valence-electron chi connectivity index (χ4n) is 2.16. The minimum Gasteiger partial charge on any atom is -0.343 e. The van der Waals surface area contributed by atoms with Gasteiger partial charge < -0.3 is 4.90 Å². The number of amides is 1. The number of likely N-dealkylation sites (tertiary alicyclic amines) is 1. The molecule has 0 bridgehead atoms. The topological polar surface area (TPSA) is 50.3 Å². The Morgan fingerprint density at radius 3 is 2.59 bits per heavy atom. The molecule has 1 amide bonds. The van der Waals surface area contributed by atoms with Crippen LogP contribution in [0.25, 0.3) is 0 Å². The minimum atomic E-state index is 0.146. The number of aldehydes is 1. The number of hydrogen-bond acceptors (Lipinski definition) is 4. The van der Waals surface area contributed by atoms with Crippen molar-refractivity contribution in [2.45, 2.75) is 32.6 Å². The van der Waals surface area contributed by atoms with E-state index in [1.807, 2.05) is 11.8 Å². The molecule has 5 heteroatoms. The molecule has 2 rings (SSSR count). The second-order valence-electron chi connectivity index (χ2n) is 4.40. The number of rotatable bonds is 2. The first-order valence-electron chi connectivity index (χ1n) is 5.80. The van der Waals surface area contributed by atoms with Gasteiger partial charge in [0.25, 0.3) is 0 Å². The van der Waals surface area contributed by atoms with Gasteiger partial charge >= 0.3 is 0 Å². The molecule has 1 aliphatic heterocycles. The number of thiazole rings is 1. The molecular formula is C12H16N2O2S. The van der Waals surface area contributed by atoms with Crippen molar-refractivity contribution in [1.29, 1.82) is 0 Å². The highest BCUT2D eigenvalue weighted by Crippen LogP contribution is 2.31. The number of nitrogens with zero attached hydrogens (tertiary/aromatic N) is 2. The smallest absolute Gasteiger partial charge is 0.219 e. The molecule has 1 aromatic rings. The highest BCUT2D eigenvalue weighted by atomic mass is 32.1. The third-order valence-corrected chi connectivity index (χ3v) is 4.49. The maximum absolute atomic E-state index is 11.2. The monoisotopic (exact) mass is 252 g/mol. The molecule has 0 aliphatic carbocycles. The summed E-state index contributed by atoms with van der Waals surface area (Å²) in [6, 6.07) is 0. The molecule has 0 saturated carbocycles. The van der Waals surface area contributed by atoms with Crippen molar-refractivity contribution < 1.29 is 9.59 Å². The molecule has 1 fully saturated rings. The van der Waals surface area contributed by atoms with E-state index in [-0.39, 0.29) is 5.91 Å². The van der Waals surface area contributed by atoms with Crippen LogP contribution in [0.2, 0.25) is 0 Å². The van der Waals surface area contributed by atoms with Crippen LogP contribution in [0.1, 0.15) is 46.1 Å². The molecule has 2 heterocycles. The second kappa shape index (κ2) is 4.96. The van der Waals surface area contributed by atoms with Crippen LogP contribution < -0.4 is 0 Å². The van der Waals surface area contributed by atoms with E-state index in [9.17, 15) is 9.59 Å². The Morgan fingerprint density at radius 1 is 1.47 bits per heavy atom. The van der Waals surface area contributed by atoms with Crippen molar-refractivity contribution >= 4 is 23.5 Å². The number of aromatic nitrogens is 1. The zero-order valence-electron chi connectivity index (χ0n) is 10.1. The van der Waals surface area contributed by atoms with Gasteiger partial charge in [0, 0.05) is 25.9 Å². The van der Waals surface area contributed by atoms with Crippen molar-refractivity contribution in [1.82, 2.24) is 9.88 Å². The van der Waals surface area contributed by atoms with Gasteiger partial charge in [0.05, 0.1) is 15.6 Å². The van der Waals surface area contributed by atoms with Crippen LogP contribution in [0.15, 0.2) is 0 Å². The van der Waals surface area contributed by atoms with Crippen LogP contribution in [0.5, 0.6) is 0 Å². The second-order valence-corrected chi connectivity index (χ2v) is 5.46. The van der Waals surface area contributed by atoms with E-state index in [4.69, 9.17) is 0 Å². The van der Waals surface area contributed by atoms with Crippen LogP contribution in [0.4, 0.5) is 0 Å². The van der Waals surface area contributed by atoms with E-state index in [0.717, 1.165) is 47.8 Å². The summed E-state index contributed by atoms with van der Waals surface area (Å²) in [5.41, 5.74) is 0.828. The van der Waals surface area contributed by atoms with Gasteiger partial charge in [-0.05, 0) is 19.8 Å². The molecule has 17 heavy (non-hydrogen) atoms. The van der Waals surface area contributed by atoms with Gasteiger partial charge in [-0.25, -0.2) is 4.98 Å². The summed E-state index contributed by atoms with van der Waals surface area (Å²) >= 11 is 1.49. The summed E-state index contributed by atoms with van der Waals surface area (Å²) in [5, 5.41) is 1.05. The van der Waals surface area contributed by atoms with Crippen molar-refractivity contribution in [3.63, 3.8) is 0 Å². The van der Waals surface area contributed by atoms with Gasteiger partial charge in [-0.3, -0.25) is 9.59 Å². The van der Waals surface area contributed by atoms with Crippen molar-refractivity contribution in [3.05, 3.63) is 15.6 Å². The molecule has 92 valence electrons. The highest BCUT2D eigenvalue weighted by Gasteiger charge is 2.24. The van der Waals surface area contributed by atoms with E-state index in [1.165, 1.54) is 11.3 Å². The van der Waals surface area contributed by atoms with Gasteiger partial charge in [0.2, 0.25) is 5.91 Å². The third kappa shape index (κ3) is 2.54. The summed E-state index contributed by atoms with van der Waals surface area (Å²) in [5.74, 6) is 0.551. The van der Waals surface area contributed by atoms with Gasteiger partial charge in [-0.1, -0.05) is 0 Å². The van der Waals surface area contributed by atoms with E-state index < -0.39 is 0 Å². The summed E-state index contributed by atoms with van der Waals surface area (Å²) in [6.45, 7) is 5.08. The summed E-state index contributed by atoms with van der Waals surface area (Å²) < 4.78 is 0. The average Bonchev–Trinajstić information content (AvgIpc) is 2.70. The van der Waals surface area contributed by atoms with Crippen LogP contribution in [-0.2, 0) is 4.79 Å². The van der Waals surface area contributed by atoms with Crippen LogP contribution >= 0.6 is 11.3 Å². The van der Waals surface area contributed by atoms with E-state index in [0.29, 0.717) is 5.92 Å². The predicted octanol–water partition coefficient (Wildman–Crippen LogP) is 1.99. The Kier molecular flexibility index (Phi) is 3.57. The number of aryl methyl sites for hydroxylation is 1. The molecule has 0 atom stereocenters. The lowest BCUT2D eigenvalue weighted by atomic mass is 9.97. The molecule has 1 saturated heterocycles. The molecule has 4 nitrogen and oxygen atoms in total. The lowest BCUT2D eigenvalue weighted by molar-refractivity contribution is -0.129. The Morgan fingerprint density at radius 2 is 2.12 bits per heavy atom. The quantitative estimate of drug-likeness (QED) is 0.756. The van der Waals surface area contributed by atoms with Gasteiger partial charge in [-0.15, -0.1) is 11.3 Å². The molecule has 0 N–H and O–H groups in total. The zero-order chi connectivity index (χ0) is 12.4. The number of hydrogen-bond donors (Lipinski definition) is 0. The summed E-state index contributed by atoms with van der Waals surface area (Å²) in [4.78, 5) is 29.1. The molecule has 0 aromatic carbocycles. The van der Waals surface area contributed by atoms with E-state index >= 15 is 0 Å². The zero-order valence-corrected chi connectivity index (χ0v) is 10.9. The number of carbonyl (C=O) groups excluding carboxylic acids is 2. The first kappa shape index (κ1) is 12.2. The highest BCUT2D eigenvalue weighted by molar-refractivity contribution is 7.13. The maximum Gasteiger partial charge on any atom is 0.219 e. The molecule has 0 unspecified atom stereocenters. The standard InChI is InChI=1S/C12H16N2O2S/c1-8-11(7-15)17-12(13-8)10-3-5-14(6-4-10)9(2)16/h7,10H,3-6H2,1-2H3. The van der Waals surface area contributed by atoms with Crippen molar-refractivity contribution in [3.8, 4) is 0 Å². The maximum atomic E-state index is 11.2. The Balaban J connectivity index is 2.05. The van der Waals surface area contributed by atoms with Crippen molar-refractivity contribution in [2.75, 3.05) is 13.1 Å². The Hall–Kier alpha value is -1.23. The first-order valence-corrected chi connectivity index (χ1v) is 6.61. The first-order chi connectivity index (χ1) is 8.11. The molecule has 0 radical (unpaired) electrons. The van der Waals surface area contributed by atoms with Crippen LogP contribution in [-0.4, -0.2) is 35.2 Å². The minimum absolute atomic E-state index is 0.146. The van der Waals surface area contributed by atoms with Gasteiger partial charge in [0.15, 0.2) is 6.29 Å². The fraction of sp³-hybridized carbons (Fsp3) is 0.583. The lowest BCUT2D eigenvalue weighted by Gasteiger charge is -2.30. The fourth-order valence-corrected chi connectivity index (χ4v) is 3.21. The van der Waals surface area contributed by atoms with E-state index in [1.54, 1.807) is 6.92 Å². The number of carbonyl (C=O) groups is 2. The van der Waals surface area contributed by atoms with E-state index in [2.05, 4.69) is 4.98 Å². The average molecular weight is 252 g/mol. The van der Waals surface area contributed by atoms with Crippen LogP contribution in [0.3, 0.4) is 0 Å². The predicted molar refractivity (Wildman–Crippen MR) is 66.5 cm³/mol. The Bertz CT molecular complexity index is 434. The van der Waals surface area contributed by atoms with Crippen LogP contribution in [0, 0.1) is 6.92 Å². The molecule has 1 aromatic heterocycles. The third-order valence-electron chi connectivity index (χ3n) is 3.25. The molecule has 0 spiro atoms. The normalized spacial score (nSPS) is 17.2. The van der Waals surface area contributed by atoms with Crippen molar-refractivity contribution in [2.24, 2.45) is 0 Å². The summed E-state index contributed by atoms with van der Waals surface area (Å²) in [7, 11) is 0. The Labute approximate surface area is 105 Å². The molecule has 1 aliphatic rings. The largest absolute Gasteiger partial charge is 0.343 e. The molecular weight excluding hydrogens is 236 g/mol. The van der Waals surface area contributed by atoms with Gasteiger partial charge in [-0.2, -0.15) is 0 Å². The van der Waals surface area contributed by atoms with Gasteiger partial charge in [0.1, 0.15) is 0 Å². The number of piperidine rings is 1. The lowest BCUT2D eigenvalue weighted by Crippen LogP contribution is -2.36.